The Labute approximate surface area is 169 Å². The highest BCUT2D eigenvalue weighted by Crippen LogP contribution is 2.25. The van der Waals surface area contributed by atoms with Crippen LogP contribution in [0.5, 0.6) is 0 Å². The summed E-state index contributed by atoms with van der Waals surface area (Å²) in [6.07, 6.45) is 2.26. The largest absolute Gasteiger partial charge is 0.441 e. The SMILES string of the molecule is Cc1oc(-c2cc(F)cc(F)c2)nc1CN1CCC[C@H](OCc2ccccc2)C1. The van der Waals surface area contributed by atoms with Gasteiger partial charge in [0.05, 0.1) is 18.4 Å². The van der Waals surface area contributed by atoms with Crippen LogP contribution in [0.1, 0.15) is 29.9 Å². The van der Waals surface area contributed by atoms with Crippen molar-refractivity contribution in [3.8, 4) is 11.5 Å². The molecule has 1 saturated heterocycles. The molecule has 0 radical (unpaired) electrons. The van der Waals surface area contributed by atoms with Crippen molar-refractivity contribution < 1.29 is 17.9 Å². The Morgan fingerprint density at radius 1 is 1.14 bits per heavy atom. The molecule has 3 aromatic rings. The van der Waals surface area contributed by atoms with Crippen molar-refractivity contribution in [1.29, 1.82) is 0 Å². The number of oxazole rings is 1. The van der Waals surface area contributed by atoms with Gasteiger partial charge < -0.3 is 9.15 Å². The fourth-order valence-electron chi connectivity index (χ4n) is 3.67. The molecule has 0 aliphatic carbocycles. The number of aryl methyl sites for hydroxylation is 1. The van der Waals surface area contributed by atoms with E-state index in [0.29, 0.717) is 24.5 Å². The van der Waals surface area contributed by atoms with Crippen molar-refractivity contribution in [1.82, 2.24) is 9.88 Å². The second-order valence-corrected chi connectivity index (χ2v) is 7.48. The maximum atomic E-state index is 13.5. The Bertz CT molecular complexity index is 939. The fourth-order valence-corrected chi connectivity index (χ4v) is 3.67. The zero-order valence-electron chi connectivity index (χ0n) is 16.4. The van der Waals surface area contributed by atoms with Crippen molar-refractivity contribution in [2.75, 3.05) is 13.1 Å². The Hall–Kier alpha value is -2.57. The monoisotopic (exact) mass is 398 g/mol. The molecule has 1 fully saturated rings. The summed E-state index contributed by atoms with van der Waals surface area (Å²) in [5.41, 5.74) is 2.26. The third kappa shape index (κ3) is 5.08. The first kappa shape index (κ1) is 19.7. The summed E-state index contributed by atoms with van der Waals surface area (Å²) in [6, 6.07) is 13.5. The summed E-state index contributed by atoms with van der Waals surface area (Å²) in [7, 11) is 0. The summed E-state index contributed by atoms with van der Waals surface area (Å²) in [4.78, 5) is 6.78. The Kier molecular flexibility index (Phi) is 6.02. The summed E-state index contributed by atoms with van der Waals surface area (Å²) in [5, 5.41) is 0. The zero-order chi connectivity index (χ0) is 20.2. The van der Waals surface area contributed by atoms with Gasteiger partial charge in [-0.15, -0.1) is 0 Å². The van der Waals surface area contributed by atoms with Gasteiger partial charge in [-0.1, -0.05) is 30.3 Å². The molecule has 4 nitrogen and oxygen atoms in total. The molecule has 0 amide bonds. The van der Waals surface area contributed by atoms with Gasteiger partial charge >= 0.3 is 0 Å². The standard InChI is InChI=1S/C23H24F2N2O2/c1-16-22(26-23(29-16)18-10-19(24)12-20(25)11-18)14-27-9-5-8-21(13-27)28-15-17-6-3-2-4-7-17/h2-4,6-7,10-12,21H,5,8-9,13-15H2,1H3/t21-/m0/s1. The molecular weight excluding hydrogens is 374 g/mol. The first-order valence-electron chi connectivity index (χ1n) is 9.87. The van der Waals surface area contributed by atoms with E-state index in [4.69, 9.17) is 9.15 Å². The van der Waals surface area contributed by atoms with E-state index in [0.717, 1.165) is 37.7 Å². The molecule has 1 aliphatic heterocycles. The lowest BCUT2D eigenvalue weighted by molar-refractivity contribution is -0.0123. The maximum Gasteiger partial charge on any atom is 0.226 e. The van der Waals surface area contributed by atoms with Crippen LogP contribution in [0.2, 0.25) is 0 Å². The normalized spacial score (nSPS) is 17.6. The molecule has 0 spiro atoms. The minimum atomic E-state index is -0.646. The van der Waals surface area contributed by atoms with Crippen LogP contribution in [-0.2, 0) is 17.9 Å². The van der Waals surface area contributed by atoms with Crippen LogP contribution in [0.3, 0.4) is 0 Å². The first-order chi connectivity index (χ1) is 14.1. The van der Waals surface area contributed by atoms with E-state index < -0.39 is 11.6 Å². The van der Waals surface area contributed by atoms with Gasteiger partial charge in [0, 0.05) is 24.7 Å². The van der Waals surface area contributed by atoms with Crippen molar-refractivity contribution in [3.63, 3.8) is 0 Å². The highest BCUT2D eigenvalue weighted by Gasteiger charge is 2.23. The molecule has 1 aliphatic rings. The van der Waals surface area contributed by atoms with Crippen LogP contribution in [0.25, 0.3) is 11.5 Å². The summed E-state index contributed by atoms with van der Waals surface area (Å²) in [6.45, 7) is 4.84. The van der Waals surface area contributed by atoms with E-state index in [9.17, 15) is 8.78 Å². The van der Waals surface area contributed by atoms with E-state index in [1.165, 1.54) is 17.7 Å². The molecule has 6 heteroatoms. The second kappa shape index (κ2) is 8.84. The third-order valence-electron chi connectivity index (χ3n) is 5.17. The minimum absolute atomic E-state index is 0.174. The molecule has 1 atom stereocenters. The van der Waals surface area contributed by atoms with Crippen molar-refractivity contribution in [2.24, 2.45) is 0 Å². The molecule has 152 valence electrons. The zero-order valence-corrected chi connectivity index (χ0v) is 16.4. The average molecular weight is 398 g/mol. The molecule has 0 bridgehead atoms. The van der Waals surface area contributed by atoms with Gasteiger partial charge in [0.15, 0.2) is 0 Å². The predicted molar refractivity (Wildman–Crippen MR) is 106 cm³/mol. The number of halogens is 2. The average Bonchev–Trinajstić information content (AvgIpc) is 3.07. The van der Waals surface area contributed by atoms with E-state index in [1.54, 1.807) is 0 Å². The van der Waals surface area contributed by atoms with Crippen LogP contribution in [0, 0.1) is 18.6 Å². The molecule has 4 rings (SSSR count). The first-order valence-corrected chi connectivity index (χ1v) is 9.87. The number of benzene rings is 2. The number of aromatic nitrogens is 1. The van der Waals surface area contributed by atoms with Gasteiger partial charge in [0.2, 0.25) is 5.89 Å². The van der Waals surface area contributed by atoms with Crippen LogP contribution in [0.15, 0.2) is 52.9 Å². The number of ether oxygens (including phenoxy) is 1. The van der Waals surface area contributed by atoms with E-state index >= 15 is 0 Å². The van der Waals surface area contributed by atoms with Crippen LogP contribution in [0.4, 0.5) is 8.78 Å². The summed E-state index contributed by atoms with van der Waals surface area (Å²) >= 11 is 0. The number of nitrogens with zero attached hydrogens (tertiary/aromatic N) is 2. The number of likely N-dealkylation sites (tertiary alicyclic amines) is 1. The third-order valence-corrected chi connectivity index (χ3v) is 5.17. The lowest BCUT2D eigenvalue weighted by Crippen LogP contribution is -2.39. The Morgan fingerprint density at radius 3 is 2.66 bits per heavy atom. The van der Waals surface area contributed by atoms with E-state index in [2.05, 4.69) is 22.0 Å². The van der Waals surface area contributed by atoms with Crippen molar-refractivity contribution in [3.05, 3.63) is 77.2 Å². The number of hydrogen-bond acceptors (Lipinski definition) is 4. The highest BCUT2D eigenvalue weighted by atomic mass is 19.1. The molecule has 29 heavy (non-hydrogen) atoms. The predicted octanol–water partition coefficient (Wildman–Crippen LogP) is 5.11. The summed E-state index contributed by atoms with van der Waals surface area (Å²) < 4.78 is 38.8. The van der Waals surface area contributed by atoms with Gasteiger partial charge in [-0.2, -0.15) is 0 Å². The topological polar surface area (TPSA) is 38.5 Å². The van der Waals surface area contributed by atoms with Gasteiger partial charge in [0.1, 0.15) is 17.4 Å². The number of rotatable bonds is 6. The number of piperidine rings is 1. The van der Waals surface area contributed by atoms with Gasteiger partial charge in [-0.3, -0.25) is 4.90 Å². The van der Waals surface area contributed by atoms with Crippen molar-refractivity contribution in [2.45, 2.75) is 39.0 Å². The van der Waals surface area contributed by atoms with Crippen LogP contribution in [-0.4, -0.2) is 29.1 Å². The van der Waals surface area contributed by atoms with Crippen molar-refractivity contribution >= 4 is 0 Å². The maximum absolute atomic E-state index is 13.5. The minimum Gasteiger partial charge on any atom is -0.441 e. The Morgan fingerprint density at radius 2 is 1.90 bits per heavy atom. The molecule has 2 aromatic carbocycles. The molecule has 0 unspecified atom stereocenters. The molecule has 0 saturated carbocycles. The second-order valence-electron chi connectivity index (χ2n) is 7.48. The molecular formula is C23H24F2N2O2. The summed E-state index contributed by atoms with van der Waals surface area (Å²) in [5.74, 6) is -0.388. The molecule has 1 aromatic heterocycles. The van der Waals surface area contributed by atoms with Gasteiger partial charge in [-0.05, 0) is 44.0 Å². The smallest absolute Gasteiger partial charge is 0.226 e. The fraction of sp³-hybridized carbons (Fsp3) is 0.348. The lowest BCUT2D eigenvalue weighted by atomic mass is 10.1. The van der Waals surface area contributed by atoms with Gasteiger partial charge in [-0.25, -0.2) is 13.8 Å². The highest BCUT2D eigenvalue weighted by molar-refractivity contribution is 5.53. The lowest BCUT2D eigenvalue weighted by Gasteiger charge is -2.32. The van der Waals surface area contributed by atoms with Gasteiger partial charge in [0.25, 0.3) is 0 Å². The van der Waals surface area contributed by atoms with Crippen LogP contribution < -0.4 is 0 Å². The van der Waals surface area contributed by atoms with E-state index in [-0.39, 0.29) is 12.0 Å². The van der Waals surface area contributed by atoms with E-state index in [1.807, 2.05) is 25.1 Å². The molecule has 2 heterocycles. The Balaban J connectivity index is 1.39. The quantitative estimate of drug-likeness (QED) is 0.578. The number of hydrogen-bond donors (Lipinski definition) is 0. The molecule has 0 N–H and O–H groups in total. The van der Waals surface area contributed by atoms with Crippen LogP contribution >= 0.6 is 0 Å².